The molecule has 0 saturated heterocycles. The Balaban J connectivity index is 2.13. The van der Waals surface area contributed by atoms with Gasteiger partial charge < -0.3 is 19.7 Å². The van der Waals surface area contributed by atoms with Crippen LogP contribution in [-0.2, 0) is 26.2 Å². The van der Waals surface area contributed by atoms with Crippen molar-refractivity contribution in [1.29, 1.82) is 0 Å². The lowest BCUT2D eigenvalue weighted by molar-refractivity contribution is -0.140. The molecule has 2 amide bonds. The van der Waals surface area contributed by atoms with Gasteiger partial charge in [0.25, 0.3) is 10.0 Å². The van der Waals surface area contributed by atoms with Crippen molar-refractivity contribution in [3.8, 4) is 11.5 Å². The topological polar surface area (TPSA) is 105 Å². The molecule has 1 N–H and O–H groups in total. The second kappa shape index (κ2) is 15.5. The Morgan fingerprint density at radius 1 is 0.886 bits per heavy atom. The maximum absolute atomic E-state index is 14.3. The van der Waals surface area contributed by atoms with Crippen molar-refractivity contribution in [3.05, 3.63) is 81.8 Å². The molecule has 0 spiro atoms. The number of carbonyl (C=O) groups excluding carboxylic acids is 2. The third-order valence-corrected chi connectivity index (χ3v) is 9.79. The molecule has 0 aliphatic rings. The van der Waals surface area contributed by atoms with Crippen LogP contribution in [0.25, 0.3) is 0 Å². The van der Waals surface area contributed by atoms with Crippen molar-refractivity contribution in [3.63, 3.8) is 0 Å². The summed E-state index contributed by atoms with van der Waals surface area (Å²) in [5.41, 5.74) is 1.69. The first-order valence-electron chi connectivity index (χ1n) is 14.2. The minimum Gasteiger partial charge on any atom is -0.493 e. The molecule has 9 nitrogen and oxygen atoms in total. The summed E-state index contributed by atoms with van der Waals surface area (Å²) < 4.78 is 40.0. The zero-order valence-corrected chi connectivity index (χ0v) is 28.1. The molecule has 238 valence electrons. The van der Waals surface area contributed by atoms with E-state index in [9.17, 15) is 18.0 Å². The maximum Gasteiger partial charge on any atom is 0.264 e. The van der Waals surface area contributed by atoms with Gasteiger partial charge in [0.1, 0.15) is 12.6 Å². The monoisotopic (exact) mass is 663 g/mol. The fourth-order valence-corrected chi connectivity index (χ4v) is 6.27. The van der Waals surface area contributed by atoms with Gasteiger partial charge in [0.2, 0.25) is 11.8 Å². The third-order valence-electron chi connectivity index (χ3n) is 7.27. The van der Waals surface area contributed by atoms with E-state index < -0.39 is 28.5 Å². The van der Waals surface area contributed by atoms with E-state index in [-0.39, 0.29) is 41.2 Å². The Hall–Kier alpha value is -3.47. The molecule has 0 aliphatic carbocycles. The lowest BCUT2D eigenvalue weighted by atomic mass is 10.1. The minimum absolute atomic E-state index is 0.00303. The smallest absolute Gasteiger partial charge is 0.264 e. The number of nitrogens with zero attached hydrogens (tertiary/aromatic N) is 2. The molecule has 3 rings (SSSR count). The van der Waals surface area contributed by atoms with Gasteiger partial charge in [-0.05, 0) is 68.7 Å². The number of ether oxygens (including phenoxy) is 2. The van der Waals surface area contributed by atoms with Crippen molar-refractivity contribution in [2.24, 2.45) is 0 Å². The molecule has 3 aromatic rings. The molecular weight excluding hydrogens is 625 g/mol. The molecule has 0 radical (unpaired) electrons. The van der Waals surface area contributed by atoms with Gasteiger partial charge in [0.05, 0.1) is 34.8 Å². The first kappa shape index (κ1) is 35.0. The van der Waals surface area contributed by atoms with Crippen LogP contribution in [0.4, 0.5) is 5.69 Å². The number of nitrogens with one attached hydrogen (secondary N) is 1. The summed E-state index contributed by atoms with van der Waals surface area (Å²) in [4.78, 5) is 29.1. The molecule has 3 aromatic carbocycles. The molecule has 0 aromatic heterocycles. The number of rotatable bonds is 14. The van der Waals surface area contributed by atoms with E-state index in [1.54, 1.807) is 43.3 Å². The summed E-state index contributed by atoms with van der Waals surface area (Å²) in [5.74, 6) is -0.250. The number of hydrogen-bond donors (Lipinski definition) is 1. The van der Waals surface area contributed by atoms with Gasteiger partial charge >= 0.3 is 0 Å². The Labute approximate surface area is 270 Å². The minimum atomic E-state index is -4.25. The van der Waals surface area contributed by atoms with Crippen LogP contribution in [0.1, 0.15) is 44.7 Å². The average molecular weight is 665 g/mol. The summed E-state index contributed by atoms with van der Waals surface area (Å²) in [6.07, 6.45) is 0.987. The molecular formula is C32H39Cl2N3O6S. The number of aryl methyl sites for hydroxylation is 1. The molecule has 2 atom stereocenters. The fourth-order valence-electron chi connectivity index (χ4n) is 4.54. The van der Waals surface area contributed by atoms with Gasteiger partial charge in [-0.3, -0.25) is 13.9 Å². The van der Waals surface area contributed by atoms with Crippen LogP contribution < -0.4 is 19.1 Å². The highest BCUT2D eigenvalue weighted by Crippen LogP contribution is 2.34. The summed E-state index contributed by atoms with van der Waals surface area (Å²) in [6.45, 7) is 6.87. The number of anilines is 1. The molecule has 0 heterocycles. The predicted octanol–water partition coefficient (Wildman–Crippen LogP) is 6.24. The normalized spacial score (nSPS) is 12.6. The highest BCUT2D eigenvalue weighted by atomic mass is 35.5. The SMILES string of the molecule is CC[C@H](C(=O)N[C@@H](C)CC)N(Cc1ccc(Cl)c(Cl)c1)C(=O)CN(c1ccc(OC)c(OC)c1)S(=O)(=O)c1ccc(C)cc1. The number of benzene rings is 3. The first-order valence-corrected chi connectivity index (χ1v) is 16.4. The maximum atomic E-state index is 14.3. The van der Waals surface area contributed by atoms with E-state index in [1.807, 2.05) is 20.8 Å². The van der Waals surface area contributed by atoms with Crippen molar-refractivity contribution in [2.45, 2.75) is 64.1 Å². The second-order valence-corrected chi connectivity index (χ2v) is 13.1. The van der Waals surface area contributed by atoms with Crippen molar-refractivity contribution >= 4 is 50.7 Å². The van der Waals surface area contributed by atoms with Gasteiger partial charge in [-0.25, -0.2) is 8.42 Å². The Kier molecular flexibility index (Phi) is 12.3. The fraction of sp³-hybridized carbons (Fsp3) is 0.375. The first-order chi connectivity index (χ1) is 20.9. The van der Waals surface area contributed by atoms with Crippen LogP contribution in [0.15, 0.2) is 65.6 Å². The molecule has 44 heavy (non-hydrogen) atoms. The lowest BCUT2D eigenvalue weighted by Crippen LogP contribution is -2.53. The van der Waals surface area contributed by atoms with Crippen LogP contribution in [0, 0.1) is 6.92 Å². The van der Waals surface area contributed by atoms with Gasteiger partial charge in [0.15, 0.2) is 11.5 Å². The number of carbonyl (C=O) groups is 2. The predicted molar refractivity (Wildman–Crippen MR) is 174 cm³/mol. The van der Waals surface area contributed by atoms with Gasteiger partial charge in [-0.2, -0.15) is 0 Å². The van der Waals surface area contributed by atoms with Crippen LogP contribution in [0.5, 0.6) is 11.5 Å². The van der Waals surface area contributed by atoms with Crippen molar-refractivity contribution in [2.75, 3.05) is 25.1 Å². The third kappa shape index (κ3) is 8.37. The Morgan fingerprint density at radius 2 is 1.55 bits per heavy atom. The van der Waals surface area contributed by atoms with Gasteiger partial charge in [-0.15, -0.1) is 0 Å². The summed E-state index contributed by atoms with van der Waals surface area (Å²) in [6, 6.07) is 14.9. The molecule has 0 fully saturated rings. The Morgan fingerprint density at radius 3 is 2.11 bits per heavy atom. The lowest BCUT2D eigenvalue weighted by Gasteiger charge is -2.34. The van der Waals surface area contributed by atoms with Gasteiger partial charge in [-0.1, -0.05) is 60.8 Å². The molecule has 0 saturated carbocycles. The number of halogens is 2. The van der Waals surface area contributed by atoms with Crippen molar-refractivity contribution < 1.29 is 27.5 Å². The van der Waals surface area contributed by atoms with E-state index in [0.29, 0.717) is 27.8 Å². The van der Waals surface area contributed by atoms with E-state index >= 15 is 0 Å². The molecule has 0 aliphatic heterocycles. The van der Waals surface area contributed by atoms with E-state index in [1.165, 1.54) is 43.4 Å². The number of sulfonamides is 1. The Bertz CT molecular complexity index is 1570. The zero-order chi connectivity index (χ0) is 32.6. The van der Waals surface area contributed by atoms with Crippen LogP contribution in [-0.4, -0.2) is 58.0 Å². The summed E-state index contributed by atoms with van der Waals surface area (Å²) >= 11 is 12.4. The van der Waals surface area contributed by atoms with Crippen molar-refractivity contribution in [1.82, 2.24) is 10.2 Å². The van der Waals surface area contributed by atoms with Crippen LogP contribution >= 0.6 is 23.2 Å². The van der Waals surface area contributed by atoms with Crippen LogP contribution in [0.2, 0.25) is 10.0 Å². The van der Waals surface area contributed by atoms with E-state index in [4.69, 9.17) is 32.7 Å². The van der Waals surface area contributed by atoms with Gasteiger partial charge in [0, 0.05) is 18.7 Å². The highest BCUT2D eigenvalue weighted by molar-refractivity contribution is 7.92. The second-order valence-electron chi connectivity index (χ2n) is 10.4. The highest BCUT2D eigenvalue weighted by Gasteiger charge is 2.34. The number of methoxy groups -OCH3 is 2. The average Bonchev–Trinajstić information content (AvgIpc) is 3.00. The number of hydrogen-bond acceptors (Lipinski definition) is 6. The quantitative estimate of drug-likeness (QED) is 0.219. The zero-order valence-electron chi connectivity index (χ0n) is 25.8. The molecule has 12 heteroatoms. The largest absolute Gasteiger partial charge is 0.493 e. The standard InChI is InChI=1S/C32H39Cl2N3O6S/c1-7-22(4)35-32(39)28(8-2)36(19-23-11-15-26(33)27(34)17-23)31(38)20-37(24-12-16-29(42-5)30(18-24)43-6)44(40,41)25-13-9-21(3)10-14-25/h9-18,22,28H,7-8,19-20H2,1-6H3,(H,35,39)/t22-,28+/m0/s1. The summed E-state index contributed by atoms with van der Waals surface area (Å²) in [5, 5.41) is 3.59. The van der Waals surface area contributed by atoms with Crippen LogP contribution in [0.3, 0.4) is 0 Å². The number of amides is 2. The molecule has 0 bridgehead atoms. The summed E-state index contributed by atoms with van der Waals surface area (Å²) in [7, 11) is -1.35. The van der Waals surface area contributed by atoms with E-state index in [0.717, 1.165) is 9.87 Å². The molecule has 0 unspecified atom stereocenters. The van der Waals surface area contributed by atoms with E-state index in [2.05, 4.69) is 5.32 Å².